The Kier molecular flexibility index (Phi) is 3.17. The summed E-state index contributed by atoms with van der Waals surface area (Å²) in [5.41, 5.74) is 12.0. The van der Waals surface area contributed by atoms with Crippen molar-refractivity contribution in [2.45, 2.75) is 6.61 Å². The Morgan fingerprint density at radius 3 is 2.60 bits per heavy atom. The van der Waals surface area contributed by atoms with Crippen molar-refractivity contribution in [1.82, 2.24) is 19.9 Å². The maximum Gasteiger partial charge on any atom is 0.224 e. The molecule has 0 fully saturated rings. The molecule has 2 heterocycles. The van der Waals surface area contributed by atoms with Crippen molar-refractivity contribution in [3.05, 3.63) is 11.9 Å². The minimum Gasteiger partial charge on any atom is -0.390 e. The number of nitrogen functional groups attached to an aromatic ring is 2. The molecule has 0 aliphatic carbocycles. The zero-order valence-electron chi connectivity index (χ0n) is 7.58. The summed E-state index contributed by atoms with van der Waals surface area (Å²) in [7, 11) is 0. The molecule has 80 valence electrons. The third kappa shape index (κ3) is 2.03. The van der Waals surface area contributed by atoms with Crippen LogP contribution in [-0.4, -0.2) is 25.0 Å². The molecule has 5 N–H and O–H groups in total. The highest BCUT2D eigenvalue weighted by Gasteiger charge is 2.06. The lowest BCUT2D eigenvalue weighted by Gasteiger charge is -2.01. The molecule has 0 aromatic carbocycles. The first-order valence-corrected chi connectivity index (χ1v) is 3.86. The Morgan fingerprint density at radius 1 is 1.20 bits per heavy atom. The molecule has 15 heavy (non-hydrogen) atoms. The van der Waals surface area contributed by atoms with E-state index in [4.69, 9.17) is 16.6 Å². The summed E-state index contributed by atoms with van der Waals surface area (Å²) in [5.74, 6) is 0.219. The summed E-state index contributed by atoms with van der Waals surface area (Å²) in [4.78, 5) is 15.5. The molecule has 0 aliphatic heterocycles. The summed E-state index contributed by atoms with van der Waals surface area (Å²) < 4.78 is 0. The molecule has 0 aliphatic rings. The van der Waals surface area contributed by atoms with Gasteiger partial charge in [-0.15, -0.1) is 12.4 Å². The van der Waals surface area contributed by atoms with E-state index in [9.17, 15) is 0 Å². The number of nitrogens with zero attached hydrogens (tertiary/aromatic N) is 4. The van der Waals surface area contributed by atoms with Crippen molar-refractivity contribution in [3.8, 4) is 0 Å². The van der Waals surface area contributed by atoms with Gasteiger partial charge in [0.15, 0.2) is 17.0 Å². The average Bonchev–Trinajstić information content (AvgIpc) is 2.17. The minimum absolute atomic E-state index is 0. The van der Waals surface area contributed by atoms with E-state index < -0.39 is 0 Å². The van der Waals surface area contributed by atoms with E-state index in [0.717, 1.165) is 0 Å². The van der Waals surface area contributed by atoms with E-state index in [-0.39, 0.29) is 30.8 Å². The first-order valence-electron chi connectivity index (χ1n) is 3.86. The summed E-state index contributed by atoms with van der Waals surface area (Å²) in [6, 6.07) is 0. The first kappa shape index (κ1) is 11.3. The Bertz CT molecular complexity index is 490. The topological polar surface area (TPSA) is 124 Å². The van der Waals surface area contributed by atoms with Gasteiger partial charge < -0.3 is 16.6 Å². The monoisotopic (exact) mass is 228 g/mol. The molecular formula is C7H9ClN6O. The lowest BCUT2D eigenvalue weighted by molar-refractivity contribution is 0.277. The number of hydrogen-bond donors (Lipinski definition) is 3. The lowest BCUT2D eigenvalue weighted by Crippen LogP contribution is -2.04. The SMILES string of the molecule is Cl.Nc1nc(N)c2nc(CO)cnc2n1. The number of halogens is 1. The molecule has 0 atom stereocenters. The van der Waals surface area contributed by atoms with Crippen molar-refractivity contribution in [3.63, 3.8) is 0 Å². The van der Waals surface area contributed by atoms with Gasteiger partial charge in [-0.05, 0) is 0 Å². The number of rotatable bonds is 1. The molecule has 0 amide bonds. The number of nitrogens with two attached hydrogens (primary N) is 2. The van der Waals surface area contributed by atoms with Crippen molar-refractivity contribution >= 4 is 35.3 Å². The number of anilines is 2. The molecule has 7 nitrogen and oxygen atoms in total. The molecule has 2 aromatic rings. The quantitative estimate of drug-likeness (QED) is 0.601. The Balaban J connectivity index is 0.00000112. The highest BCUT2D eigenvalue weighted by molar-refractivity contribution is 5.85. The van der Waals surface area contributed by atoms with E-state index >= 15 is 0 Å². The fourth-order valence-corrected chi connectivity index (χ4v) is 1.06. The van der Waals surface area contributed by atoms with Gasteiger partial charge in [0, 0.05) is 0 Å². The Hall–Kier alpha value is -1.73. The summed E-state index contributed by atoms with van der Waals surface area (Å²) >= 11 is 0. The molecule has 0 unspecified atom stereocenters. The molecule has 0 bridgehead atoms. The number of aromatic nitrogens is 4. The summed E-state index contributed by atoms with van der Waals surface area (Å²) in [6.07, 6.45) is 1.41. The van der Waals surface area contributed by atoms with E-state index in [1.807, 2.05) is 0 Å². The van der Waals surface area contributed by atoms with Crippen LogP contribution in [-0.2, 0) is 6.61 Å². The van der Waals surface area contributed by atoms with Gasteiger partial charge in [-0.25, -0.2) is 9.97 Å². The van der Waals surface area contributed by atoms with E-state index in [0.29, 0.717) is 16.9 Å². The predicted molar refractivity (Wildman–Crippen MR) is 57.1 cm³/mol. The van der Waals surface area contributed by atoms with Gasteiger partial charge >= 0.3 is 0 Å². The number of aliphatic hydroxyl groups excluding tert-OH is 1. The summed E-state index contributed by atoms with van der Waals surface area (Å²) in [6.45, 7) is -0.202. The normalized spacial score (nSPS) is 9.93. The molecule has 2 rings (SSSR count). The maximum atomic E-state index is 8.83. The molecule has 0 spiro atoms. The van der Waals surface area contributed by atoms with Crippen LogP contribution >= 0.6 is 12.4 Å². The molecule has 8 heteroatoms. The van der Waals surface area contributed by atoms with Gasteiger partial charge in [0.25, 0.3) is 0 Å². The van der Waals surface area contributed by atoms with Gasteiger partial charge in [0.1, 0.15) is 0 Å². The lowest BCUT2D eigenvalue weighted by atomic mass is 10.4. The van der Waals surface area contributed by atoms with Crippen molar-refractivity contribution < 1.29 is 5.11 Å². The fourth-order valence-electron chi connectivity index (χ4n) is 1.06. The highest BCUT2D eigenvalue weighted by atomic mass is 35.5. The largest absolute Gasteiger partial charge is 0.390 e. The second-order valence-electron chi connectivity index (χ2n) is 2.66. The van der Waals surface area contributed by atoms with Crippen molar-refractivity contribution in [2.75, 3.05) is 11.5 Å². The van der Waals surface area contributed by atoms with Crippen LogP contribution in [0.4, 0.5) is 11.8 Å². The Labute approximate surface area is 91.0 Å². The van der Waals surface area contributed by atoms with Gasteiger partial charge in [0.05, 0.1) is 18.5 Å². The van der Waals surface area contributed by atoms with Crippen LogP contribution in [0.2, 0.25) is 0 Å². The van der Waals surface area contributed by atoms with Crippen LogP contribution in [0, 0.1) is 0 Å². The van der Waals surface area contributed by atoms with E-state index in [2.05, 4.69) is 19.9 Å². The van der Waals surface area contributed by atoms with Crippen molar-refractivity contribution in [2.24, 2.45) is 0 Å². The first-order chi connectivity index (χ1) is 6.70. The zero-order valence-corrected chi connectivity index (χ0v) is 8.40. The van der Waals surface area contributed by atoms with E-state index in [1.54, 1.807) is 0 Å². The van der Waals surface area contributed by atoms with Gasteiger partial charge in [-0.2, -0.15) is 9.97 Å². The van der Waals surface area contributed by atoms with Crippen molar-refractivity contribution in [1.29, 1.82) is 0 Å². The van der Waals surface area contributed by atoms with Crippen LogP contribution in [0.5, 0.6) is 0 Å². The molecule has 0 saturated heterocycles. The third-order valence-electron chi connectivity index (χ3n) is 1.66. The predicted octanol–water partition coefficient (Wildman–Crippen LogP) is -0.502. The van der Waals surface area contributed by atoms with Crippen LogP contribution in [0.3, 0.4) is 0 Å². The molecule has 2 aromatic heterocycles. The fraction of sp³-hybridized carbons (Fsp3) is 0.143. The van der Waals surface area contributed by atoms with Crippen LogP contribution in [0.15, 0.2) is 6.20 Å². The minimum atomic E-state index is -0.202. The van der Waals surface area contributed by atoms with Crippen LogP contribution in [0.1, 0.15) is 5.69 Å². The second-order valence-corrected chi connectivity index (χ2v) is 2.66. The molecule has 0 saturated carbocycles. The van der Waals surface area contributed by atoms with Gasteiger partial charge in [0.2, 0.25) is 5.95 Å². The summed E-state index contributed by atoms with van der Waals surface area (Å²) in [5, 5.41) is 8.83. The molecular weight excluding hydrogens is 220 g/mol. The maximum absolute atomic E-state index is 8.83. The van der Waals surface area contributed by atoms with Gasteiger partial charge in [-0.3, -0.25) is 0 Å². The zero-order chi connectivity index (χ0) is 10.1. The second kappa shape index (κ2) is 4.20. The van der Waals surface area contributed by atoms with E-state index in [1.165, 1.54) is 6.20 Å². The third-order valence-corrected chi connectivity index (χ3v) is 1.66. The standard InChI is InChI=1S/C7H8N6O.ClH/c8-5-4-6(13-7(9)12-5)10-1-3(2-14)11-4;/h1,14H,2H2,(H4,8,9,10,12,13);1H. The molecule has 0 radical (unpaired) electrons. The smallest absolute Gasteiger partial charge is 0.224 e. The Morgan fingerprint density at radius 2 is 1.93 bits per heavy atom. The van der Waals surface area contributed by atoms with Crippen LogP contribution < -0.4 is 11.5 Å². The highest BCUT2D eigenvalue weighted by Crippen LogP contribution is 2.14. The number of aliphatic hydroxyl groups is 1. The average molecular weight is 229 g/mol. The number of hydrogen-bond acceptors (Lipinski definition) is 7. The van der Waals surface area contributed by atoms with Crippen LogP contribution in [0.25, 0.3) is 11.2 Å². The number of fused-ring (bicyclic) bond motifs is 1. The van der Waals surface area contributed by atoms with Gasteiger partial charge in [-0.1, -0.05) is 0 Å².